The van der Waals surface area contributed by atoms with E-state index in [4.69, 9.17) is 11.6 Å². The van der Waals surface area contributed by atoms with Gasteiger partial charge in [0, 0.05) is 18.2 Å². The number of hydrogen-bond donors (Lipinski definition) is 1. The van der Waals surface area contributed by atoms with E-state index in [9.17, 15) is 4.79 Å². The first-order chi connectivity index (χ1) is 12.6. The number of carbonyl (C=O) groups excluding carboxylic acids is 1. The van der Waals surface area contributed by atoms with Crippen LogP contribution in [-0.4, -0.2) is 35.9 Å². The van der Waals surface area contributed by atoms with Crippen molar-refractivity contribution in [2.24, 2.45) is 5.92 Å². The molecule has 5 heteroatoms. The van der Waals surface area contributed by atoms with Crippen molar-refractivity contribution in [3.05, 3.63) is 64.9 Å². The Kier molecular flexibility index (Phi) is 6.28. The molecule has 3 atom stereocenters. The Morgan fingerprint density at radius 1 is 1.15 bits per heavy atom. The van der Waals surface area contributed by atoms with Crippen LogP contribution in [0.4, 0.5) is 0 Å². The quantitative estimate of drug-likeness (QED) is 0.850. The van der Waals surface area contributed by atoms with E-state index in [-0.39, 0.29) is 18.0 Å². The second kappa shape index (κ2) is 8.65. The standard InChI is InChI=1S/C21H26ClN3O/c1-25(2)20(19-13-7-8-14-23-19)16-10-4-6-12-18(16)24-21(26)15-9-3-5-11-17(15)22/h3,5,7-9,11,13-14,16,18,20H,4,6,10,12H2,1-2H3,(H,24,26). The molecule has 2 aromatic rings. The molecule has 1 aliphatic carbocycles. The zero-order valence-electron chi connectivity index (χ0n) is 15.4. The second-order valence-electron chi connectivity index (χ2n) is 7.17. The zero-order valence-corrected chi connectivity index (χ0v) is 16.1. The summed E-state index contributed by atoms with van der Waals surface area (Å²) >= 11 is 6.20. The normalized spacial score (nSPS) is 21.4. The van der Waals surface area contributed by atoms with Gasteiger partial charge in [-0.25, -0.2) is 0 Å². The van der Waals surface area contributed by atoms with E-state index < -0.39 is 0 Å². The first-order valence-electron chi connectivity index (χ1n) is 9.20. The van der Waals surface area contributed by atoms with Crippen LogP contribution in [0.2, 0.25) is 5.02 Å². The van der Waals surface area contributed by atoms with Gasteiger partial charge in [-0.1, -0.05) is 42.6 Å². The van der Waals surface area contributed by atoms with E-state index >= 15 is 0 Å². The third-order valence-corrected chi connectivity index (χ3v) is 5.54. The van der Waals surface area contributed by atoms with Crippen molar-refractivity contribution in [1.82, 2.24) is 15.2 Å². The van der Waals surface area contributed by atoms with Gasteiger partial charge < -0.3 is 10.2 Å². The first-order valence-corrected chi connectivity index (χ1v) is 9.58. The lowest BCUT2D eigenvalue weighted by molar-refractivity contribution is 0.0841. The lowest BCUT2D eigenvalue weighted by atomic mass is 9.78. The molecule has 1 heterocycles. The van der Waals surface area contributed by atoms with Crippen LogP contribution < -0.4 is 5.32 Å². The predicted octanol–water partition coefficient (Wildman–Crippen LogP) is 4.33. The van der Waals surface area contributed by atoms with Gasteiger partial charge in [-0.2, -0.15) is 0 Å². The minimum absolute atomic E-state index is 0.0916. The van der Waals surface area contributed by atoms with Crippen LogP contribution >= 0.6 is 11.6 Å². The molecule has 4 nitrogen and oxygen atoms in total. The molecule has 0 saturated heterocycles. The summed E-state index contributed by atoms with van der Waals surface area (Å²) in [6.07, 6.45) is 6.21. The molecular weight excluding hydrogens is 346 g/mol. The summed E-state index contributed by atoms with van der Waals surface area (Å²) < 4.78 is 0. The van der Waals surface area contributed by atoms with Crippen LogP contribution in [0.3, 0.4) is 0 Å². The van der Waals surface area contributed by atoms with Crippen molar-refractivity contribution in [2.75, 3.05) is 14.1 Å². The summed E-state index contributed by atoms with van der Waals surface area (Å²) in [5.74, 6) is 0.228. The number of halogens is 1. The van der Waals surface area contributed by atoms with Crippen molar-refractivity contribution in [1.29, 1.82) is 0 Å². The highest BCUT2D eigenvalue weighted by atomic mass is 35.5. The van der Waals surface area contributed by atoms with Gasteiger partial charge in [0.05, 0.1) is 22.3 Å². The first kappa shape index (κ1) is 18.9. The maximum Gasteiger partial charge on any atom is 0.253 e. The Bertz CT molecular complexity index is 735. The largest absolute Gasteiger partial charge is 0.349 e. The molecule has 1 aliphatic rings. The van der Waals surface area contributed by atoms with E-state index in [0.29, 0.717) is 16.5 Å². The van der Waals surface area contributed by atoms with Gasteiger partial charge in [0.15, 0.2) is 0 Å². The van der Waals surface area contributed by atoms with Crippen LogP contribution in [0, 0.1) is 5.92 Å². The summed E-state index contributed by atoms with van der Waals surface area (Å²) in [6.45, 7) is 0. The molecule has 1 aromatic heterocycles. The van der Waals surface area contributed by atoms with E-state index in [1.165, 1.54) is 6.42 Å². The summed E-state index contributed by atoms with van der Waals surface area (Å²) in [7, 11) is 4.17. The fourth-order valence-electron chi connectivity index (χ4n) is 4.03. The SMILES string of the molecule is CN(C)C(c1ccccn1)C1CCCCC1NC(=O)c1ccccc1Cl. The second-order valence-corrected chi connectivity index (χ2v) is 7.58. The number of nitrogens with one attached hydrogen (secondary N) is 1. The highest BCUT2D eigenvalue weighted by molar-refractivity contribution is 6.33. The van der Waals surface area contributed by atoms with Crippen molar-refractivity contribution >= 4 is 17.5 Å². The molecule has 0 bridgehead atoms. The summed E-state index contributed by atoms with van der Waals surface area (Å²) in [6, 6.07) is 13.5. The molecule has 1 saturated carbocycles. The molecule has 0 spiro atoms. The summed E-state index contributed by atoms with van der Waals surface area (Å²) in [5.41, 5.74) is 1.60. The Morgan fingerprint density at radius 2 is 1.88 bits per heavy atom. The Hall–Kier alpha value is -1.91. The molecule has 3 rings (SSSR count). The lowest BCUT2D eigenvalue weighted by Crippen LogP contribution is -2.47. The molecular formula is C21H26ClN3O. The van der Waals surface area contributed by atoms with Crippen molar-refractivity contribution < 1.29 is 4.79 Å². The third-order valence-electron chi connectivity index (χ3n) is 5.21. The molecule has 1 amide bonds. The van der Waals surface area contributed by atoms with Crippen LogP contribution in [-0.2, 0) is 0 Å². The van der Waals surface area contributed by atoms with Crippen LogP contribution in [0.5, 0.6) is 0 Å². The van der Waals surface area contributed by atoms with E-state index in [1.54, 1.807) is 12.1 Å². The number of hydrogen-bond acceptors (Lipinski definition) is 3. The van der Waals surface area contributed by atoms with Crippen LogP contribution in [0.1, 0.15) is 47.8 Å². The fraction of sp³-hybridized carbons (Fsp3) is 0.429. The number of benzene rings is 1. The molecule has 3 unspecified atom stereocenters. The molecule has 1 N–H and O–H groups in total. The zero-order chi connectivity index (χ0) is 18.5. The molecule has 0 aliphatic heterocycles. The van der Waals surface area contributed by atoms with E-state index in [0.717, 1.165) is 25.0 Å². The topological polar surface area (TPSA) is 45.2 Å². The van der Waals surface area contributed by atoms with Gasteiger partial charge in [-0.3, -0.25) is 9.78 Å². The highest BCUT2D eigenvalue weighted by Gasteiger charge is 2.35. The average Bonchev–Trinajstić information content (AvgIpc) is 2.64. The predicted molar refractivity (Wildman–Crippen MR) is 105 cm³/mol. The maximum absolute atomic E-state index is 12.8. The summed E-state index contributed by atoms with van der Waals surface area (Å²) in [5, 5.41) is 3.75. The number of amides is 1. The van der Waals surface area contributed by atoms with Crippen molar-refractivity contribution in [3.8, 4) is 0 Å². The average molecular weight is 372 g/mol. The number of rotatable bonds is 5. The van der Waals surface area contributed by atoms with Gasteiger partial charge in [0.1, 0.15) is 0 Å². The number of nitrogens with zero attached hydrogens (tertiary/aromatic N) is 2. The van der Waals surface area contributed by atoms with Crippen LogP contribution in [0.25, 0.3) is 0 Å². The smallest absolute Gasteiger partial charge is 0.253 e. The molecule has 138 valence electrons. The minimum atomic E-state index is -0.0916. The fourth-order valence-corrected chi connectivity index (χ4v) is 4.25. The lowest BCUT2D eigenvalue weighted by Gasteiger charge is -2.40. The Morgan fingerprint density at radius 3 is 2.58 bits per heavy atom. The highest BCUT2D eigenvalue weighted by Crippen LogP contribution is 2.37. The number of pyridine rings is 1. The van der Waals surface area contributed by atoms with Crippen molar-refractivity contribution in [2.45, 2.75) is 37.8 Å². The van der Waals surface area contributed by atoms with Gasteiger partial charge in [0.25, 0.3) is 5.91 Å². The summed E-state index contributed by atoms with van der Waals surface area (Å²) in [4.78, 5) is 19.6. The van der Waals surface area contributed by atoms with E-state index in [1.807, 2.05) is 30.5 Å². The molecule has 1 aromatic carbocycles. The van der Waals surface area contributed by atoms with Crippen molar-refractivity contribution in [3.63, 3.8) is 0 Å². The minimum Gasteiger partial charge on any atom is -0.349 e. The van der Waals surface area contributed by atoms with Gasteiger partial charge in [-0.05, 0) is 51.2 Å². The Labute approximate surface area is 160 Å². The van der Waals surface area contributed by atoms with Gasteiger partial charge >= 0.3 is 0 Å². The Balaban J connectivity index is 1.83. The van der Waals surface area contributed by atoms with Crippen LogP contribution in [0.15, 0.2) is 48.7 Å². The van der Waals surface area contributed by atoms with Gasteiger partial charge in [0.2, 0.25) is 0 Å². The monoisotopic (exact) mass is 371 g/mol. The number of aromatic nitrogens is 1. The number of carbonyl (C=O) groups is 1. The van der Waals surface area contributed by atoms with E-state index in [2.05, 4.69) is 35.4 Å². The molecule has 0 radical (unpaired) electrons. The maximum atomic E-state index is 12.8. The molecule has 1 fully saturated rings. The molecule has 26 heavy (non-hydrogen) atoms. The van der Waals surface area contributed by atoms with Gasteiger partial charge in [-0.15, -0.1) is 0 Å². The third kappa shape index (κ3) is 4.25.